The minimum Gasteiger partial charge on any atom is -0.504 e. The van der Waals surface area contributed by atoms with Gasteiger partial charge in [0.1, 0.15) is 11.5 Å². The third-order valence-corrected chi connectivity index (χ3v) is 14.5. The molecule has 2 aromatic heterocycles. The molecular formula is C41H35BBrClN4O8S. The number of phenolic OH excluding ortho intramolecular Hbond substituents is 1. The number of hydrogen-bond acceptors (Lipinski definition) is 10. The Labute approximate surface area is 344 Å². The molecule has 2 aliphatic carbocycles. The normalized spacial score (nSPS) is 25.5. The van der Waals surface area contributed by atoms with E-state index in [1.54, 1.807) is 44.3 Å². The molecule has 1 saturated carbocycles. The van der Waals surface area contributed by atoms with Crippen molar-refractivity contribution in [1.29, 1.82) is 0 Å². The van der Waals surface area contributed by atoms with E-state index in [4.69, 9.17) is 21.4 Å². The maximum absolute atomic E-state index is 15.2. The number of phenols is 1. The second-order valence-corrected chi connectivity index (χ2v) is 17.8. The van der Waals surface area contributed by atoms with E-state index >= 15 is 4.79 Å². The van der Waals surface area contributed by atoms with E-state index in [0.717, 1.165) is 25.4 Å². The van der Waals surface area contributed by atoms with Crippen molar-refractivity contribution in [2.24, 2.45) is 36.1 Å². The zero-order chi connectivity index (χ0) is 40.4. The standard InChI is InChI=1S/C41H35BBrClN4O8S/c1-18-25-15-21(44)8-11-31(25)57-36(18)29-17-32(46(3)45-29)48-38(51)28-16-26-23(34(41(28,2)40(48)53)27-13-20(43)14-30(56-4)35(27)49)9-10-24-33(26)39(52)47(37(24)50)22-7-5-6-19(12-22)42(54)55/h5-9,11-15,17,24,26,28,33-34,49,54-55H,10,16H2,1-4H3/t24-,26+,28-,33-,34+,41+/m0/s1. The van der Waals surface area contributed by atoms with Gasteiger partial charge in [0.2, 0.25) is 23.6 Å². The molecule has 4 aliphatic rings. The van der Waals surface area contributed by atoms with Crippen molar-refractivity contribution in [3.05, 3.63) is 92.9 Å². The maximum atomic E-state index is 15.2. The molecular weight excluding hydrogens is 835 g/mol. The Morgan fingerprint density at radius 3 is 2.51 bits per heavy atom. The molecule has 3 aromatic carbocycles. The van der Waals surface area contributed by atoms with Crippen LogP contribution in [0.1, 0.15) is 36.8 Å². The fraction of sp³-hybridized carbons (Fsp3) is 0.293. The van der Waals surface area contributed by atoms with Crippen molar-refractivity contribution >= 4 is 96.7 Å². The van der Waals surface area contributed by atoms with Crippen LogP contribution in [0.4, 0.5) is 11.5 Å². The van der Waals surface area contributed by atoms with E-state index in [0.29, 0.717) is 26.3 Å². The summed E-state index contributed by atoms with van der Waals surface area (Å²) in [6.45, 7) is 3.73. The summed E-state index contributed by atoms with van der Waals surface area (Å²) in [4.78, 5) is 62.0. The van der Waals surface area contributed by atoms with E-state index < -0.39 is 65.8 Å². The first-order valence-electron chi connectivity index (χ1n) is 18.4. The molecule has 0 bridgehead atoms. The second kappa shape index (κ2) is 13.4. The van der Waals surface area contributed by atoms with Gasteiger partial charge in [-0.1, -0.05) is 51.3 Å². The lowest BCUT2D eigenvalue weighted by atomic mass is 9.51. The van der Waals surface area contributed by atoms with Gasteiger partial charge in [-0.15, -0.1) is 11.3 Å². The highest BCUT2D eigenvalue weighted by molar-refractivity contribution is 9.10. The number of thiophene rings is 1. The number of imide groups is 2. The van der Waals surface area contributed by atoms with Gasteiger partial charge < -0.3 is 19.9 Å². The second-order valence-electron chi connectivity index (χ2n) is 15.4. The average molecular weight is 870 g/mol. The molecule has 2 aliphatic heterocycles. The first-order valence-corrected chi connectivity index (χ1v) is 20.4. The van der Waals surface area contributed by atoms with Gasteiger partial charge in [-0.2, -0.15) is 5.10 Å². The number of ether oxygens (including phenoxy) is 1. The fourth-order valence-electron chi connectivity index (χ4n) is 9.84. The third-order valence-electron chi connectivity index (χ3n) is 12.5. The van der Waals surface area contributed by atoms with E-state index in [-0.39, 0.29) is 41.3 Å². The van der Waals surface area contributed by atoms with Crippen LogP contribution in [-0.4, -0.2) is 62.8 Å². The molecule has 6 atom stereocenters. The minimum absolute atomic E-state index is 0.0934. The molecule has 2 saturated heterocycles. The lowest BCUT2D eigenvalue weighted by molar-refractivity contribution is -0.131. The van der Waals surface area contributed by atoms with Crippen molar-refractivity contribution in [2.45, 2.75) is 32.6 Å². The van der Waals surface area contributed by atoms with E-state index in [9.17, 15) is 29.5 Å². The SMILES string of the molecule is COc1cc(Br)cc([C@H]2C3=CC[C@@H]4C(=O)N(c5cccc(B(O)O)c5)C(=O)[C@@H]4[C@@H]3C[C@H]3C(=O)N(c4cc(-c5sc6ccc(Cl)cc6c5C)nn4C)C(=O)[C@@]23C)c1O. The Balaban J connectivity index is 1.17. The molecule has 0 radical (unpaired) electrons. The topological polar surface area (TPSA) is 162 Å². The van der Waals surface area contributed by atoms with Gasteiger partial charge in [0, 0.05) is 38.8 Å². The summed E-state index contributed by atoms with van der Waals surface area (Å²) in [6, 6.07) is 16.7. The fourth-order valence-corrected chi connectivity index (χ4v) is 11.6. The Hall–Kier alpha value is -4.80. The number of hydrogen-bond donors (Lipinski definition) is 3. The Bertz CT molecular complexity index is 2640. The summed E-state index contributed by atoms with van der Waals surface area (Å²) >= 11 is 11.4. The Morgan fingerprint density at radius 1 is 1.00 bits per heavy atom. The third kappa shape index (κ3) is 5.42. The number of fused-ring (bicyclic) bond motifs is 5. The number of halogens is 2. The number of nitrogens with zero attached hydrogens (tertiary/aromatic N) is 4. The van der Waals surface area contributed by atoms with Crippen LogP contribution in [0.5, 0.6) is 11.5 Å². The number of benzene rings is 3. The van der Waals surface area contributed by atoms with Crippen LogP contribution in [0.25, 0.3) is 20.7 Å². The van der Waals surface area contributed by atoms with Gasteiger partial charge in [0.15, 0.2) is 11.5 Å². The first-order chi connectivity index (χ1) is 27.1. The van der Waals surface area contributed by atoms with E-state index in [2.05, 4.69) is 15.9 Å². The average Bonchev–Trinajstić information content (AvgIpc) is 3.85. The highest BCUT2D eigenvalue weighted by atomic mass is 79.9. The number of aromatic hydroxyl groups is 1. The largest absolute Gasteiger partial charge is 0.504 e. The van der Waals surface area contributed by atoms with Gasteiger partial charge in [-0.05, 0) is 91.5 Å². The summed E-state index contributed by atoms with van der Waals surface area (Å²) in [5.41, 5.74) is 1.46. The summed E-state index contributed by atoms with van der Waals surface area (Å²) in [6.07, 6.45) is 2.17. The summed E-state index contributed by atoms with van der Waals surface area (Å²) < 4.78 is 8.65. The highest BCUT2D eigenvalue weighted by Gasteiger charge is 2.68. The Morgan fingerprint density at radius 2 is 1.77 bits per heavy atom. The summed E-state index contributed by atoms with van der Waals surface area (Å²) in [7, 11) is 1.29. The zero-order valence-corrected chi connectivity index (χ0v) is 34.2. The van der Waals surface area contributed by atoms with Gasteiger partial charge in [0.05, 0.1) is 40.8 Å². The molecule has 290 valence electrons. The van der Waals surface area contributed by atoms with Gasteiger partial charge in [0.25, 0.3) is 0 Å². The number of allylic oxidation sites excluding steroid dienone is 2. The van der Waals surface area contributed by atoms with Crippen molar-refractivity contribution in [1.82, 2.24) is 9.78 Å². The van der Waals surface area contributed by atoms with Crippen LogP contribution in [0.3, 0.4) is 0 Å². The van der Waals surface area contributed by atoms with Crippen LogP contribution in [-0.2, 0) is 26.2 Å². The van der Waals surface area contributed by atoms with E-state index in [1.165, 1.54) is 40.2 Å². The molecule has 0 spiro atoms. The van der Waals surface area contributed by atoms with Gasteiger partial charge >= 0.3 is 7.12 Å². The summed E-state index contributed by atoms with van der Waals surface area (Å²) in [5, 5.41) is 37.8. The number of carbonyl (C=O) groups is 4. The Kier molecular flexibility index (Phi) is 8.87. The number of rotatable bonds is 6. The number of methoxy groups -OCH3 is 1. The molecule has 57 heavy (non-hydrogen) atoms. The van der Waals surface area contributed by atoms with Gasteiger partial charge in [-0.25, -0.2) is 4.90 Å². The van der Waals surface area contributed by atoms with Gasteiger partial charge in [-0.3, -0.25) is 28.8 Å². The van der Waals surface area contributed by atoms with Crippen molar-refractivity contribution < 1.29 is 39.1 Å². The van der Waals surface area contributed by atoms with Crippen LogP contribution < -0.4 is 20.0 Å². The molecule has 4 heterocycles. The number of aromatic nitrogens is 2. The monoisotopic (exact) mass is 868 g/mol. The van der Waals surface area contributed by atoms with Crippen molar-refractivity contribution in [2.75, 3.05) is 16.9 Å². The molecule has 3 N–H and O–H groups in total. The van der Waals surface area contributed by atoms with Crippen molar-refractivity contribution in [3.8, 4) is 22.1 Å². The number of carbonyl (C=O) groups excluding carboxylic acids is 4. The molecule has 5 aromatic rings. The highest BCUT2D eigenvalue weighted by Crippen LogP contribution is 2.65. The van der Waals surface area contributed by atoms with Crippen LogP contribution in [0.15, 0.2) is 76.8 Å². The van der Waals surface area contributed by atoms with Crippen molar-refractivity contribution in [3.63, 3.8) is 0 Å². The molecule has 9 rings (SSSR count). The number of aryl methyl sites for hydroxylation is 2. The predicted molar refractivity (Wildman–Crippen MR) is 220 cm³/mol. The maximum Gasteiger partial charge on any atom is 0.488 e. The van der Waals surface area contributed by atoms with E-state index in [1.807, 2.05) is 31.2 Å². The molecule has 4 amide bonds. The van der Waals surface area contributed by atoms with Crippen LogP contribution in [0, 0.1) is 36.0 Å². The van der Waals surface area contributed by atoms with Crippen LogP contribution in [0.2, 0.25) is 5.02 Å². The molecule has 3 fully saturated rings. The lowest BCUT2D eigenvalue weighted by Gasteiger charge is -2.49. The molecule has 0 unspecified atom stereocenters. The number of anilines is 2. The van der Waals surface area contributed by atoms with Crippen LogP contribution >= 0.6 is 38.9 Å². The minimum atomic E-state index is -1.81. The quantitative estimate of drug-likeness (QED) is 0.108. The molecule has 12 nitrogen and oxygen atoms in total. The lowest BCUT2D eigenvalue weighted by Crippen LogP contribution is -2.49. The smallest absolute Gasteiger partial charge is 0.488 e. The predicted octanol–water partition coefficient (Wildman–Crippen LogP) is 5.86. The number of amides is 4. The molecule has 16 heteroatoms. The summed E-state index contributed by atoms with van der Waals surface area (Å²) in [5.74, 6) is -5.79. The first kappa shape index (κ1) is 37.8. The zero-order valence-electron chi connectivity index (χ0n) is 31.1.